The van der Waals surface area contributed by atoms with Crippen molar-refractivity contribution in [3.63, 3.8) is 0 Å². The number of aromatic hydroxyl groups is 1. The fraction of sp³-hybridized carbons (Fsp3) is 0.0526. The number of allylic oxidation sites excluding steroid dienone is 1. The molecule has 1 aromatic heterocycles. The Morgan fingerprint density at radius 3 is 2.89 bits per heavy atom. The van der Waals surface area contributed by atoms with Crippen LogP contribution in [-0.2, 0) is 0 Å². The Balaban J connectivity index is 1.98. The Kier molecular flexibility index (Phi) is 5.73. The van der Waals surface area contributed by atoms with Gasteiger partial charge < -0.3 is 9.84 Å². The Labute approximate surface area is 172 Å². The molecule has 0 saturated carbocycles. The van der Waals surface area contributed by atoms with Gasteiger partial charge in [-0.05, 0) is 39.7 Å². The summed E-state index contributed by atoms with van der Waals surface area (Å²) in [6, 6.07) is 11.5. The van der Waals surface area contributed by atoms with Crippen LogP contribution in [-0.4, -0.2) is 22.1 Å². The third-order valence-electron chi connectivity index (χ3n) is 3.79. The highest BCUT2D eigenvalue weighted by Gasteiger charge is 2.13. The molecule has 0 saturated heterocycles. The highest BCUT2D eigenvalue weighted by Crippen LogP contribution is 2.36. The molecule has 0 aliphatic heterocycles. The molecule has 3 aromatic rings. The van der Waals surface area contributed by atoms with Crippen molar-refractivity contribution in [2.75, 3.05) is 7.11 Å². The first kappa shape index (κ1) is 19.5. The summed E-state index contributed by atoms with van der Waals surface area (Å²) >= 11 is 4.51. The van der Waals surface area contributed by atoms with E-state index in [9.17, 15) is 20.5 Å². The second kappa shape index (κ2) is 8.21. The minimum absolute atomic E-state index is 0.0239. The Bertz CT molecular complexity index is 1130. The van der Waals surface area contributed by atoms with Gasteiger partial charge in [-0.15, -0.1) is 11.3 Å². The minimum atomic E-state index is -0.465. The zero-order valence-electron chi connectivity index (χ0n) is 14.4. The van der Waals surface area contributed by atoms with Crippen molar-refractivity contribution >= 4 is 44.6 Å². The molecule has 2 aromatic carbocycles. The number of nitro benzene ring substituents is 1. The quantitative estimate of drug-likeness (QED) is 0.317. The second-order valence-corrected chi connectivity index (χ2v) is 7.28. The third-order valence-corrected chi connectivity index (χ3v) is 5.27. The normalized spacial score (nSPS) is 11.1. The lowest BCUT2D eigenvalue weighted by molar-refractivity contribution is -0.384. The zero-order chi connectivity index (χ0) is 20.3. The van der Waals surface area contributed by atoms with Gasteiger partial charge in [0.1, 0.15) is 11.1 Å². The summed E-state index contributed by atoms with van der Waals surface area (Å²) in [5.41, 5.74) is 2.09. The number of thiazole rings is 1. The number of nitriles is 1. The molecule has 3 rings (SSSR count). The van der Waals surface area contributed by atoms with E-state index in [-0.39, 0.29) is 17.2 Å². The first-order chi connectivity index (χ1) is 13.4. The fourth-order valence-electron chi connectivity index (χ4n) is 2.45. The molecule has 0 fully saturated rings. The molecule has 0 aliphatic carbocycles. The van der Waals surface area contributed by atoms with Crippen molar-refractivity contribution in [1.82, 2.24) is 4.98 Å². The van der Waals surface area contributed by atoms with Crippen LogP contribution >= 0.6 is 27.3 Å². The number of rotatable bonds is 5. The smallest absolute Gasteiger partial charge is 0.270 e. The summed E-state index contributed by atoms with van der Waals surface area (Å²) < 4.78 is 5.56. The lowest BCUT2D eigenvalue weighted by Crippen LogP contribution is -1.89. The molecular formula is C19H12BrN3O4S. The molecule has 28 heavy (non-hydrogen) atoms. The van der Waals surface area contributed by atoms with Crippen LogP contribution in [0.15, 0.2) is 46.3 Å². The first-order valence-electron chi connectivity index (χ1n) is 7.82. The standard InChI is InChI=1S/C19H12BrN3O4S/c1-27-17-7-11(6-15(20)18(17)24)5-13(9-21)19-22-16(10-28-19)12-3-2-4-14(8-12)23(25)26/h2-8,10,24H,1H3. The van der Waals surface area contributed by atoms with Gasteiger partial charge >= 0.3 is 0 Å². The monoisotopic (exact) mass is 457 g/mol. The first-order valence-corrected chi connectivity index (χ1v) is 9.49. The van der Waals surface area contributed by atoms with E-state index >= 15 is 0 Å². The van der Waals surface area contributed by atoms with E-state index in [1.165, 1.54) is 30.6 Å². The summed E-state index contributed by atoms with van der Waals surface area (Å²) in [6.07, 6.45) is 1.63. The molecular weight excluding hydrogens is 446 g/mol. The van der Waals surface area contributed by atoms with Crippen LogP contribution in [0.2, 0.25) is 0 Å². The number of nitro groups is 1. The van der Waals surface area contributed by atoms with Crippen molar-refractivity contribution in [1.29, 1.82) is 5.26 Å². The van der Waals surface area contributed by atoms with Gasteiger partial charge in [-0.25, -0.2) is 4.98 Å². The van der Waals surface area contributed by atoms with Crippen molar-refractivity contribution in [3.05, 3.63) is 66.9 Å². The minimum Gasteiger partial charge on any atom is -0.503 e. The summed E-state index contributed by atoms with van der Waals surface area (Å²) in [5.74, 6) is 0.245. The third kappa shape index (κ3) is 4.03. The van der Waals surface area contributed by atoms with Crippen molar-refractivity contribution in [3.8, 4) is 28.8 Å². The van der Waals surface area contributed by atoms with E-state index in [4.69, 9.17) is 4.74 Å². The van der Waals surface area contributed by atoms with E-state index < -0.39 is 4.92 Å². The lowest BCUT2D eigenvalue weighted by atomic mass is 10.1. The maximum atomic E-state index is 11.0. The molecule has 0 amide bonds. The zero-order valence-corrected chi connectivity index (χ0v) is 16.8. The summed E-state index contributed by atoms with van der Waals surface area (Å²) in [6.45, 7) is 0. The van der Waals surface area contributed by atoms with Gasteiger partial charge in [0.2, 0.25) is 0 Å². The number of nitrogens with zero attached hydrogens (tertiary/aromatic N) is 3. The van der Waals surface area contributed by atoms with Gasteiger partial charge in [-0.2, -0.15) is 5.26 Å². The molecule has 0 aliphatic rings. The maximum absolute atomic E-state index is 11.0. The van der Waals surface area contributed by atoms with E-state index in [2.05, 4.69) is 27.0 Å². The van der Waals surface area contributed by atoms with E-state index in [1.807, 2.05) is 0 Å². The van der Waals surface area contributed by atoms with Crippen LogP contribution in [0.3, 0.4) is 0 Å². The number of halogens is 1. The maximum Gasteiger partial charge on any atom is 0.270 e. The molecule has 0 atom stereocenters. The molecule has 0 radical (unpaired) electrons. The topological polar surface area (TPSA) is 109 Å². The number of aromatic nitrogens is 1. The SMILES string of the molecule is COc1cc(C=C(C#N)c2nc(-c3cccc([N+](=O)[O-])c3)cs2)cc(Br)c1O. The number of benzene rings is 2. The Morgan fingerprint density at radius 2 is 2.21 bits per heavy atom. The van der Waals surface area contributed by atoms with Crippen LogP contribution in [0, 0.1) is 21.4 Å². The number of ether oxygens (including phenoxy) is 1. The highest BCUT2D eigenvalue weighted by atomic mass is 79.9. The molecule has 9 heteroatoms. The van der Waals surface area contributed by atoms with Crippen molar-refractivity contribution < 1.29 is 14.8 Å². The van der Waals surface area contributed by atoms with Crippen molar-refractivity contribution in [2.24, 2.45) is 0 Å². The highest BCUT2D eigenvalue weighted by molar-refractivity contribution is 9.10. The summed E-state index contributed by atoms with van der Waals surface area (Å²) in [4.78, 5) is 14.9. The van der Waals surface area contributed by atoms with Crippen LogP contribution in [0.5, 0.6) is 11.5 Å². The van der Waals surface area contributed by atoms with Gasteiger partial charge in [0.15, 0.2) is 11.5 Å². The van der Waals surface area contributed by atoms with Crippen molar-refractivity contribution in [2.45, 2.75) is 0 Å². The molecule has 0 bridgehead atoms. The summed E-state index contributed by atoms with van der Waals surface area (Å²) in [5, 5.41) is 32.6. The number of hydrogen-bond donors (Lipinski definition) is 1. The number of hydrogen-bond acceptors (Lipinski definition) is 7. The predicted molar refractivity (Wildman–Crippen MR) is 110 cm³/mol. The predicted octanol–water partition coefficient (Wildman–Crippen LogP) is 5.26. The molecule has 0 spiro atoms. The van der Waals surface area contributed by atoms with E-state index in [0.717, 1.165) is 0 Å². The van der Waals surface area contributed by atoms with Gasteiger partial charge in [0.25, 0.3) is 5.69 Å². The van der Waals surface area contributed by atoms with Crippen LogP contribution < -0.4 is 4.74 Å². The van der Waals surface area contributed by atoms with E-state index in [0.29, 0.717) is 31.9 Å². The molecule has 0 unspecified atom stereocenters. The molecule has 7 nitrogen and oxygen atoms in total. The van der Waals surface area contributed by atoms with Crippen LogP contribution in [0.1, 0.15) is 10.6 Å². The second-order valence-electron chi connectivity index (χ2n) is 5.57. The lowest BCUT2D eigenvalue weighted by Gasteiger charge is -2.06. The Hall–Kier alpha value is -3.22. The average molecular weight is 458 g/mol. The molecule has 140 valence electrons. The van der Waals surface area contributed by atoms with Gasteiger partial charge in [0, 0.05) is 23.1 Å². The van der Waals surface area contributed by atoms with Gasteiger partial charge in [-0.3, -0.25) is 10.1 Å². The number of phenols is 1. The molecule has 1 N–H and O–H groups in total. The molecule has 1 heterocycles. The fourth-order valence-corrected chi connectivity index (χ4v) is 3.70. The largest absolute Gasteiger partial charge is 0.503 e. The summed E-state index contributed by atoms with van der Waals surface area (Å²) in [7, 11) is 1.44. The average Bonchev–Trinajstić information content (AvgIpc) is 3.18. The number of non-ortho nitro benzene ring substituents is 1. The Morgan fingerprint density at radius 1 is 1.43 bits per heavy atom. The number of methoxy groups -OCH3 is 1. The van der Waals surface area contributed by atoms with Crippen LogP contribution in [0.25, 0.3) is 22.9 Å². The van der Waals surface area contributed by atoms with Gasteiger partial charge in [0.05, 0.1) is 27.8 Å². The van der Waals surface area contributed by atoms with E-state index in [1.54, 1.807) is 35.7 Å². The number of phenolic OH excluding ortho intramolecular Hbond substituents is 1. The van der Waals surface area contributed by atoms with Crippen LogP contribution in [0.4, 0.5) is 5.69 Å². The van der Waals surface area contributed by atoms with Gasteiger partial charge in [-0.1, -0.05) is 12.1 Å².